The number of halogens is 3. The third kappa shape index (κ3) is 3.56. The lowest BCUT2D eigenvalue weighted by molar-refractivity contribution is 0.0989. The van der Waals surface area contributed by atoms with Crippen LogP contribution in [-0.2, 0) is 4.74 Å². The number of benzene rings is 2. The maximum atomic E-state index is 13.6. The molecule has 5 nitrogen and oxygen atoms in total. The van der Waals surface area contributed by atoms with Crippen LogP contribution in [0.25, 0.3) is 0 Å². The Hall–Kier alpha value is -1.86. The maximum absolute atomic E-state index is 13.6. The summed E-state index contributed by atoms with van der Waals surface area (Å²) in [5, 5.41) is 1.20. The van der Waals surface area contributed by atoms with Crippen LogP contribution >= 0.6 is 39.1 Å². The van der Waals surface area contributed by atoms with Crippen LogP contribution in [0, 0.1) is 6.92 Å². The molecule has 156 valence electrons. The Kier molecular flexibility index (Phi) is 5.95. The van der Waals surface area contributed by atoms with Gasteiger partial charge in [-0.1, -0.05) is 41.4 Å². The highest BCUT2D eigenvalue weighted by Crippen LogP contribution is 2.45. The van der Waals surface area contributed by atoms with E-state index in [4.69, 9.17) is 27.9 Å². The highest BCUT2D eigenvalue weighted by atomic mass is 79.9. The van der Waals surface area contributed by atoms with Crippen molar-refractivity contribution in [2.45, 2.75) is 25.9 Å². The van der Waals surface area contributed by atoms with E-state index in [2.05, 4.69) is 20.9 Å². The average molecular weight is 509 g/mol. The molecule has 0 spiro atoms. The molecular weight excluding hydrogens is 489 g/mol. The summed E-state index contributed by atoms with van der Waals surface area (Å²) in [6.45, 7) is 4.48. The molecule has 2 aromatic carbocycles. The molecule has 0 bridgehead atoms. The van der Waals surface area contributed by atoms with Crippen molar-refractivity contribution >= 4 is 50.7 Å². The molecular formula is C22H20BrCl2N3O2. The van der Waals surface area contributed by atoms with Crippen molar-refractivity contribution < 1.29 is 9.53 Å². The highest BCUT2D eigenvalue weighted by molar-refractivity contribution is 9.10. The van der Waals surface area contributed by atoms with Gasteiger partial charge in [0, 0.05) is 22.8 Å². The molecule has 2 unspecified atom stereocenters. The summed E-state index contributed by atoms with van der Waals surface area (Å²) in [6, 6.07) is 12.7. The summed E-state index contributed by atoms with van der Waals surface area (Å²) in [7, 11) is 1.66. The standard InChI is InChI=1S/C22H20BrCl2N3O2/c1-12-4-7-16(25)10-17(12)28-19(14-5-8-15(24)9-6-14)20-18(21(28)29)26-22(23)27(20)13(2)11-30-3/h4-10,13,19H,11H2,1-3H3. The van der Waals surface area contributed by atoms with E-state index in [0.717, 1.165) is 22.5 Å². The number of carbonyl (C=O) groups is 1. The molecule has 1 aliphatic rings. The van der Waals surface area contributed by atoms with Crippen LogP contribution < -0.4 is 4.90 Å². The summed E-state index contributed by atoms with van der Waals surface area (Å²) in [5.74, 6) is -0.167. The highest BCUT2D eigenvalue weighted by Gasteiger charge is 2.45. The Bertz CT molecular complexity index is 1110. The first kappa shape index (κ1) is 21.4. The fourth-order valence-electron chi connectivity index (χ4n) is 3.97. The predicted molar refractivity (Wildman–Crippen MR) is 123 cm³/mol. The fraction of sp³-hybridized carbons (Fsp3) is 0.273. The van der Waals surface area contributed by atoms with Crippen molar-refractivity contribution in [2.75, 3.05) is 18.6 Å². The smallest absolute Gasteiger partial charge is 0.279 e. The Morgan fingerprint density at radius 2 is 1.83 bits per heavy atom. The molecule has 0 radical (unpaired) electrons. The number of imidazole rings is 1. The van der Waals surface area contributed by atoms with E-state index in [1.165, 1.54) is 0 Å². The number of fused-ring (bicyclic) bond motifs is 1. The molecule has 8 heteroatoms. The summed E-state index contributed by atoms with van der Waals surface area (Å²) in [6.07, 6.45) is 0. The van der Waals surface area contributed by atoms with Gasteiger partial charge in [0.05, 0.1) is 18.3 Å². The van der Waals surface area contributed by atoms with Gasteiger partial charge in [-0.05, 0) is 65.2 Å². The number of aryl methyl sites for hydroxylation is 1. The van der Waals surface area contributed by atoms with Crippen molar-refractivity contribution in [1.29, 1.82) is 0 Å². The van der Waals surface area contributed by atoms with Crippen molar-refractivity contribution in [3.8, 4) is 0 Å². The molecule has 1 aromatic heterocycles. The monoisotopic (exact) mass is 507 g/mol. The number of rotatable bonds is 5. The van der Waals surface area contributed by atoms with Gasteiger partial charge in [-0.3, -0.25) is 9.69 Å². The number of carbonyl (C=O) groups excluding carboxylic acids is 1. The van der Waals surface area contributed by atoms with Gasteiger partial charge >= 0.3 is 0 Å². The molecule has 0 fully saturated rings. The zero-order valence-corrected chi connectivity index (χ0v) is 19.8. The van der Waals surface area contributed by atoms with Crippen LogP contribution in [0.5, 0.6) is 0 Å². The zero-order chi connectivity index (χ0) is 21.6. The van der Waals surface area contributed by atoms with Crippen molar-refractivity contribution in [2.24, 2.45) is 0 Å². The summed E-state index contributed by atoms with van der Waals surface area (Å²) in [5.41, 5.74) is 3.88. The lowest BCUT2D eigenvalue weighted by Gasteiger charge is -2.29. The second kappa shape index (κ2) is 8.35. The molecule has 2 atom stereocenters. The van der Waals surface area contributed by atoms with Gasteiger partial charge in [0.2, 0.25) is 0 Å². The first-order valence-corrected chi connectivity index (χ1v) is 11.0. The van der Waals surface area contributed by atoms with E-state index in [9.17, 15) is 4.79 Å². The van der Waals surface area contributed by atoms with Gasteiger partial charge in [-0.2, -0.15) is 0 Å². The minimum Gasteiger partial charge on any atom is -0.383 e. The summed E-state index contributed by atoms with van der Waals surface area (Å²) < 4.78 is 8.00. The molecule has 0 aliphatic carbocycles. The number of hydrogen-bond acceptors (Lipinski definition) is 3. The molecule has 0 saturated heterocycles. The number of anilines is 1. The molecule has 0 saturated carbocycles. The number of nitrogens with zero attached hydrogens (tertiary/aromatic N) is 3. The number of amides is 1. The maximum Gasteiger partial charge on any atom is 0.279 e. The van der Waals surface area contributed by atoms with Crippen molar-refractivity contribution in [1.82, 2.24) is 9.55 Å². The molecule has 0 N–H and O–H groups in total. The van der Waals surface area contributed by atoms with Crippen molar-refractivity contribution in [3.05, 3.63) is 79.8 Å². The first-order chi connectivity index (χ1) is 14.3. The fourth-order valence-corrected chi connectivity index (χ4v) is 4.98. The Labute approximate surface area is 193 Å². The van der Waals surface area contributed by atoms with E-state index in [-0.39, 0.29) is 18.0 Å². The van der Waals surface area contributed by atoms with Crippen LogP contribution in [0.2, 0.25) is 10.0 Å². The molecule has 4 rings (SSSR count). The zero-order valence-electron chi connectivity index (χ0n) is 16.7. The van der Waals surface area contributed by atoms with Gasteiger partial charge < -0.3 is 9.30 Å². The second-order valence-corrected chi connectivity index (χ2v) is 8.93. The number of methoxy groups -OCH3 is 1. The SMILES string of the molecule is COCC(C)n1c(Br)nc2c1C(c1ccc(Cl)cc1)N(c1cc(Cl)ccc1C)C2=O. The number of aromatic nitrogens is 2. The lowest BCUT2D eigenvalue weighted by Crippen LogP contribution is -2.31. The lowest BCUT2D eigenvalue weighted by atomic mass is 10.0. The van der Waals surface area contributed by atoms with Gasteiger partial charge in [-0.15, -0.1) is 0 Å². The predicted octanol–water partition coefficient (Wildman–Crippen LogP) is 6.22. The Morgan fingerprint density at radius 1 is 1.17 bits per heavy atom. The van der Waals surface area contributed by atoms with E-state index < -0.39 is 0 Å². The van der Waals surface area contributed by atoms with Crippen LogP contribution in [0.3, 0.4) is 0 Å². The molecule has 3 aromatic rings. The van der Waals surface area contributed by atoms with Crippen LogP contribution in [0.1, 0.15) is 46.3 Å². The Balaban J connectivity index is 1.96. The van der Waals surface area contributed by atoms with Gasteiger partial charge in [-0.25, -0.2) is 4.98 Å². The largest absolute Gasteiger partial charge is 0.383 e. The van der Waals surface area contributed by atoms with Crippen LogP contribution in [-0.4, -0.2) is 29.2 Å². The second-order valence-electron chi connectivity index (χ2n) is 7.35. The average Bonchev–Trinajstić information content (AvgIpc) is 3.18. The van der Waals surface area contributed by atoms with E-state index >= 15 is 0 Å². The first-order valence-electron chi connectivity index (χ1n) is 9.45. The quantitative estimate of drug-likeness (QED) is 0.411. The van der Waals surface area contributed by atoms with Crippen LogP contribution in [0.15, 0.2) is 47.2 Å². The van der Waals surface area contributed by atoms with E-state index in [0.29, 0.717) is 27.1 Å². The van der Waals surface area contributed by atoms with E-state index in [1.54, 1.807) is 12.0 Å². The normalized spacial score (nSPS) is 16.8. The summed E-state index contributed by atoms with van der Waals surface area (Å²) >= 11 is 16.0. The number of hydrogen-bond donors (Lipinski definition) is 0. The Morgan fingerprint density at radius 3 is 2.50 bits per heavy atom. The van der Waals surface area contributed by atoms with Gasteiger partial charge in [0.15, 0.2) is 10.4 Å². The van der Waals surface area contributed by atoms with Gasteiger partial charge in [0.1, 0.15) is 6.04 Å². The topological polar surface area (TPSA) is 47.4 Å². The van der Waals surface area contributed by atoms with E-state index in [1.807, 2.05) is 60.9 Å². The molecule has 2 heterocycles. The molecule has 30 heavy (non-hydrogen) atoms. The van der Waals surface area contributed by atoms with Crippen molar-refractivity contribution in [3.63, 3.8) is 0 Å². The minimum atomic E-state index is -0.375. The van der Waals surface area contributed by atoms with Gasteiger partial charge in [0.25, 0.3) is 5.91 Å². The third-order valence-corrected chi connectivity index (χ3v) is 6.36. The molecule has 1 aliphatic heterocycles. The minimum absolute atomic E-state index is 0.0244. The number of ether oxygens (including phenoxy) is 1. The molecule has 1 amide bonds. The summed E-state index contributed by atoms with van der Waals surface area (Å²) in [4.78, 5) is 19.9. The third-order valence-electron chi connectivity index (χ3n) is 5.31. The van der Waals surface area contributed by atoms with Crippen LogP contribution in [0.4, 0.5) is 5.69 Å².